The molecule has 2 amide bonds. The van der Waals surface area contributed by atoms with Crippen LogP contribution in [0.15, 0.2) is 38.3 Å². The van der Waals surface area contributed by atoms with Crippen LogP contribution in [0.1, 0.15) is 12.0 Å². The van der Waals surface area contributed by atoms with Gasteiger partial charge in [0.2, 0.25) is 11.8 Å². The van der Waals surface area contributed by atoms with E-state index in [0.29, 0.717) is 17.3 Å². The van der Waals surface area contributed by atoms with E-state index in [-0.39, 0.29) is 18.2 Å². The number of thioether (sulfide) groups is 1. The van der Waals surface area contributed by atoms with Gasteiger partial charge in [-0.05, 0) is 51.1 Å². The zero-order valence-corrected chi connectivity index (χ0v) is 16.7. The summed E-state index contributed by atoms with van der Waals surface area (Å²) in [6, 6.07) is 7.37. The molecule has 3 rings (SSSR count). The maximum atomic E-state index is 12.4. The minimum Gasteiger partial charge on any atom is -0.341 e. The lowest BCUT2D eigenvalue weighted by Gasteiger charge is -2.25. The number of thiophene rings is 1. The zero-order chi connectivity index (χ0) is 17.3. The average Bonchev–Trinajstić information content (AvgIpc) is 2.93. The van der Waals surface area contributed by atoms with Crippen molar-refractivity contribution in [2.45, 2.75) is 23.1 Å². The molecule has 0 unspecified atom stereocenters. The van der Waals surface area contributed by atoms with Gasteiger partial charge in [-0.1, -0.05) is 11.6 Å². The molecule has 0 spiro atoms. The summed E-state index contributed by atoms with van der Waals surface area (Å²) in [6.07, 6.45) is 0.167. The number of carbonyl (C=O) groups is 2. The molecule has 1 aliphatic rings. The molecule has 8 heteroatoms. The highest BCUT2D eigenvalue weighted by atomic mass is 79.9. The molecule has 0 bridgehead atoms. The van der Waals surface area contributed by atoms with Gasteiger partial charge in [-0.15, -0.1) is 23.1 Å². The van der Waals surface area contributed by atoms with E-state index in [1.165, 1.54) is 11.8 Å². The first-order chi connectivity index (χ1) is 11.4. The molecule has 0 saturated heterocycles. The van der Waals surface area contributed by atoms with Crippen molar-refractivity contribution < 1.29 is 9.59 Å². The number of halogens is 2. The largest absolute Gasteiger partial charge is 0.341 e. The molecule has 24 heavy (non-hydrogen) atoms. The molecule has 2 aromatic rings. The minimum absolute atomic E-state index is 0.0533. The van der Waals surface area contributed by atoms with Gasteiger partial charge in [0, 0.05) is 29.9 Å². The monoisotopic (exact) mass is 444 g/mol. The first-order valence-corrected chi connectivity index (χ1v) is 10.1. The summed E-state index contributed by atoms with van der Waals surface area (Å²) in [5.74, 6) is -0.211. The number of nitrogens with one attached hydrogen (secondary N) is 1. The molecular formula is C16H14BrClN2O2S2. The topological polar surface area (TPSA) is 49.4 Å². The van der Waals surface area contributed by atoms with Crippen LogP contribution in [-0.2, 0) is 16.1 Å². The quantitative estimate of drug-likeness (QED) is 0.747. The number of rotatable bonds is 4. The summed E-state index contributed by atoms with van der Waals surface area (Å²) in [5.41, 5.74) is 1.78. The summed E-state index contributed by atoms with van der Waals surface area (Å²) in [6.45, 7) is 0.534. The lowest BCUT2D eigenvalue weighted by Crippen LogP contribution is -2.35. The maximum absolute atomic E-state index is 12.4. The molecule has 2 heterocycles. The first-order valence-electron chi connectivity index (χ1n) is 7.16. The molecule has 0 saturated carbocycles. The van der Waals surface area contributed by atoms with Gasteiger partial charge in [0.1, 0.15) is 0 Å². The number of nitrogens with zero attached hydrogens (tertiary/aromatic N) is 1. The molecular weight excluding hydrogens is 432 g/mol. The Bertz CT molecular complexity index is 796. The van der Waals surface area contributed by atoms with Crippen molar-refractivity contribution in [1.29, 1.82) is 0 Å². The maximum Gasteiger partial charge on any atom is 0.238 e. The smallest absolute Gasteiger partial charge is 0.238 e. The van der Waals surface area contributed by atoms with Gasteiger partial charge < -0.3 is 10.2 Å². The molecule has 0 aliphatic carbocycles. The van der Waals surface area contributed by atoms with Crippen LogP contribution in [0.5, 0.6) is 0 Å². The van der Waals surface area contributed by atoms with Gasteiger partial charge in [-0.2, -0.15) is 0 Å². The fourth-order valence-electron chi connectivity index (χ4n) is 2.36. The molecule has 0 radical (unpaired) electrons. The van der Waals surface area contributed by atoms with Gasteiger partial charge in [-0.25, -0.2) is 0 Å². The van der Waals surface area contributed by atoms with Crippen LogP contribution in [0.2, 0.25) is 5.02 Å². The molecule has 1 aromatic heterocycles. The van der Waals surface area contributed by atoms with Gasteiger partial charge in [0.15, 0.2) is 0 Å². The van der Waals surface area contributed by atoms with Crippen LogP contribution in [-0.4, -0.2) is 29.0 Å². The predicted octanol–water partition coefficient (Wildman–Crippen LogP) is 4.63. The van der Waals surface area contributed by atoms with E-state index in [4.69, 9.17) is 11.6 Å². The predicted molar refractivity (Wildman–Crippen MR) is 103 cm³/mol. The fraction of sp³-hybridized carbons (Fsp3) is 0.250. The summed E-state index contributed by atoms with van der Waals surface area (Å²) in [4.78, 5) is 27.3. The van der Waals surface area contributed by atoms with E-state index in [1.54, 1.807) is 35.4 Å². The molecule has 1 aliphatic heterocycles. The van der Waals surface area contributed by atoms with Gasteiger partial charge in [0.25, 0.3) is 0 Å². The highest BCUT2D eigenvalue weighted by molar-refractivity contribution is 9.11. The Labute approximate surface area is 161 Å². The average molecular weight is 446 g/mol. The second-order valence-electron chi connectivity index (χ2n) is 5.45. The highest BCUT2D eigenvalue weighted by Gasteiger charge is 2.30. The van der Waals surface area contributed by atoms with Gasteiger partial charge >= 0.3 is 0 Å². The number of fused-ring (bicyclic) bond motifs is 1. The van der Waals surface area contributed by atoms with E-state index < -0.39 is 5.25 Å². The SMILES string of the molecule is CN(Cc1csc(Br)c1)C(=O)C[C@H]1Sc2ccc(Cl)cc2NC1=O. The standard InChI is InChI=1S/C16H14BrClN2O2S2/c1-20(7-9-4-14(17)23-8-9)15(21)6-13-16(22)19-11-5-10(18)2-3-12(11)24-13/h2-5,8,13H,6-7H2,1H3,(H,19,22)/t13-/m1/s1. The normalized spacial score (nSPS) is 16.5. The number of benzene rings is 1. The minimum atomic E-state index is -0.428. The highest BCUT2D eigenvalue weighted by Crippen LogP contribution is 2.38. The van der Waals surface area contributed by atoms with Crippen LogP contribution in [0.4, 0.5) is 5.69 Å². The molecule has 1 N–H and O–H groups in total. The Morgan fingerprint density at radius 3 is 2.92 bits per heavy atom. The molecule has 1 aromatic carbocycles. The van der Waals surface area contributed by atoms with E-state index in [1.807, 2.05) is 17.5 Å². The van der Waals surface area contributed by atoms with E-state index >= 15 is 0 Å². The first kappa shape index (κ1) is 17.8. The molecule has 1 atom stereocenters. The van der Waals surface area contributed by atoms with Crippen molar-refractivity contribution in [2.24, 2.45) is 0 Å². The fourth-order valence-corrected chi connectivity index (χ4v) is 4.82. The Kier molecular flexibility index (Phi) is 5.54. The van der Waals surface area contributed by atoms with Crippen molar-refractivity contribution in [3.8, 4) is 0 Å². The number of anilines is 1. The van der Waals surface area contributed by atoms with Crippen LogP contribution >= 0.6 is 50.6 Å². The van der Waals surface area contributed by atoms with Crippen LogP contribution in [0, 0.1) is 0 Å². The van der Waals surface area contributed by atoms with Crippen molar-refractivity contribution in [3.63, 3.8) is 0 Å². The number of hydrogen-bond acceptors (Lipinski definition) is 4. The number of carbonyl (C=O) groups excluding carboxylic acids is 2. The van der Waals surface area contributed by atoms with E-state index in [9.17, 15) is 9.59 Å². The van der Waals surface area contributed by atoms with E-state index in [0.717, 1.165) is 14.2 Å². The second kappa shape index (κ2) is 7.47. The van der Waals surface area contributed by atoms with E-state index in [2.05, 4.69) is 21.2 Å². The second-order valence-corrected chi connectivity index (χ2v) is 9.42. The summed E-state index contributed by atoms with van der Waals surface area (Å²) >= 11 is 12.4. The number of amides is 2. The van der Waals surface area contributed by atoms with Gasteiger partial charge in [-0.3, -0.25) is 9.59 Å². The Morgan fingerprint density at radius 2 is 2.21 bits per heavy atom. The lowest BCUT2D eigenvalue weighted by atomic mass is 10.2. The zero-order valence-electron chi connectivity index (χ0n) is 12.7. The summed E-state index contributed by atoms with van der Waals surface area (Å²) < 4.78 is 1.04. The van der Waals surface area contributed by atoms with Crippen molar-refractivity contribution in [2.75, 3.05) is 12.4 Å². The molecule has 4 nitrogen and oxygen atoms in total. The lowest BCUT2D eigenvalue weighted by molar-refractivity contribution is -0.131. The third-order valence-electron chi connectivity index (χ3n) is 3.59. The van der Waals surface area contributed by atoms with Crippen LogP contribution in [0.25, 0.3) is 0 Å². The summed E-state index contributed by atoms with van der Waals surface area (Å²) in [7, 11) is 1.76. The Hall–Kier alpha value is -1.02. The third-order valence-corrected chi connectivity index (χ3v) is 6.65. The number of hydrogen-bond donors (Lipinski definition) is 1. The molecule has 126 valence electrons. The van der Waals surface area contributed by atoms with Crippen molar-refractivity contribution in [1.82, 2.24) is 4.90 Å². The van der Waals surface area contributed by atoms with Gasteiger partial charge in [0.05, 0.1) is 14.7 Å². The Morgan fingerprint density at radius 1 is 1.42 bits per heavy atom. The molecule has 0 fully saturated rings. The third kappa shape index (κ3) is 4.14. The Balaban J connectivity index is 1.63. The summed E-state index contributed by atoms with van der Waals surface area (Å²) in [5, 5.41) is 4.99. The van der Waals surface area contributed by atoms with Crippen LogP contribution < -0.4 is 5.32 Å². The van der Waals surface area contributed by atoms with Crippen molar-refractivity contribution in [3.05, 3.63) is 44.0 Å². The van der Waals surface area contributed by atoms with Crippen molar-refractivity contribution >= 4 is 68.1 Å². The van der Waals surface area contributed by atoms with Crippen LogP contribution in [0.3, 0.4) is 0 Å².